The largest absolute Gasteiger partial charge is 0.349 e. The van der Waals surface area contributed by atoms with Crippen molar-refractivity contribution in [3.8, 4) is 0 Å². The number of rotatable bonds is 2. The molecule has 1 saturated carbocycles. The highest BCUT2D eigenvalue weighted by Crippen LogP contribution is 2.39. The molecule has 1 aromatic rings. The highest BCUT2D eigenvalue weighted by molar-refractivity contribution is 5.94. The van der Waals surface area contributed by atoms with Crippen molar-refractivity contribution in [1.29, 1.82) is 0 Å². The zero-order valence-electron chi connectivity index (χ0n) is 9.70. The van der Waals surface area contributed by atoms with E-state index in [1.807, 2.05) is 0 Å². The van der Waals surface area contributed by atoms with E-state index in [9.17, 15) is 13.6 Å². The van der Waals surface area contributed by atoms with Crippen LogP contribution in [0, 0.1) is 23.5 Å². The summed E-state index contributed by atoms with van der Waals surface area (Å²) in [5.74, 6) is -0.942. The minimum atomic E-state index is -0.729. The van der Waals surface area contributed by atoms with Gasteiger partial charge in [0.05, 0.1) is 0 Å². The zero-order chi connectivity index (χ0) is 12.7. The Morgan fingerprint density at radius 1 is 1.11 bits per heavy atom. The summed E-state index contributed by atoms with van der Waals surface area (Å²) in [5.41, 5.74) is 0.0410. The topological polar surface area (TPSA) is 29.1 Å². The van der Waals surface area contributed by atoms with Crippen LogP contribution in [0.1, 0.15) is 23.2 Å². The minimum Gasteiger partial charge on any atom is -0.349 e. The second-order valence-corrected chi connectivity index (χ2v) is 5.02. The molecule has 0 saturated heterocycles. The Balaban J connectivity index is 1.73. The van der Waals surface area contributed by atoms with E-state index < -0.39 is 17.5 Å². The van der Waals surface area contributed by atoms with Gasteiger partial charge >= 0.3 is 0 Å². The third kappa shape index (κ3) is 2.03. The van der Waals surface area contributed by atoms with Gasteiger partial charge in [-0.05, 0) is 36.8 Å². The van der Waals surface area contributed by atoms with Crippen LogP contribution in [-0.2, 0) is 0 Å². The lowest BCUT2D eigenvalue weighted by Crippen LogP contribution is -2.37. The summed E-state index contributed by atoms with van der Waals surface area (Å²) in [7, 11) is 0. The van der Waals surface area contributed by atoms with E-state index in [2.05, 4.69) is 17.5 Å². The van der Waals surface area contributed by atoms with Gasteiger partial charge in [0.1, 0.15) is 11.6 Å². The monoisotopic (exact) mass is 249 g/mol. The van der Waals surface area contributed by atoms with E-state index >= 15 is 0 Å². The van der Waals surface area contributed by atoms with E-state index in [1.165, 1.54) is 0 Å². The van der Waals surface area contributed by atoms with Gasteiger partial charge in [0, 0.05) is 17.7 Å². The van der Waals surface area contributed by atoms with Gasteiger partial charge in [0.25, 0.3) is 5.91 Å². The van der Waals surface area contributed by atoms with E-state index in [-0.39, 0.29) is 11.6 Å². The first kappa shape index (κ1) is 11.4. The maximum atomic E-state index is 13.0. The summed E-state index contributed by atoms with van der Waals surface area (Å²) >= 11 is 0. The number of nitrogens with one attached hydrogen (secondary N) is 1. The quantitative estimate of drug-likeness (QED) is 0.802. The molecule has 3 rings (SSSR count). The van der Waals surface area contributed by atoms with Crippen molar-refractivity contribution in [3.63, 3.8) is 0 Å². The van der Waals surface area contributed by atoms with Crippen LogP contribution in [0.15, 0.2) is 30.4 Å². The molecule has 0 aromatic heterocycles. The summed E-state index contributed by atoms with van der Waals surface area (Å²) in [5, 5.41) is 2.86. The standard InChI is InChI=1S/C14H13F2NO/c15-11-5-10(6-12(16)7-11)14(18)17-13-4-8-1-2-9(13)3-8/h1-2,5-9,13H,3-4H2,(H,17,18)/t8?,9?,13-/m0/s1. The molecule has 0 aliphatic heterocycles. The maximum Gasteiger partial charge on any atom is 0.251 e. The Bertz CT molecular complexity index is 506. The molecule has 1 aromatic carbocycles. The van der Waals surface area contributed by atoms with Crippen molar-refractivity contribution in [3.05, 3.63) is 47.5 Å². The molecular weight excluding hydrogens is 236 g/mol. The molecule has 2 aliphatic rings. The second kappa shape index (κ2) is 4.19. The number of allylic oxidation sites excluding steroid dienone is 1. The molecule has 0 heterocycles. The average Bonchev–Trinajstić information content (AvgIpc) is 2.89. The van der Waals surface area contributed by atoms with Crippen LogP contribution in [0.5, 0.6) is 0 Å². The molecule has 2 unspecified atom stereocenters. The fraction of sp³-hybridized carbons (Fsp3) is 0.357. The van der Waals surface area contributed by atoms with Crippen molar-refractivity contribution in [2.24, 2.45) is 11.8 Å². The number of hydrogen-bond acceptors (Lipinski definition) is 1. The Morgan fingerprint density at radius 2 is 1.83 bits per heavy atom. The molecule has 0 radical (unpaired) electrons. The van der Waals surface area contributed by atoms with Crippen LogP contribution in [0.4, 0.5) is 8.78 Å². The van der Waals surface area contributed by atoms with Crippen LogP contribution >= 0.6 is 0 Å². The second-order valence-electron chi connectivity index (χ2n) is 5.02. The lowest BCUT2D eigenvalue weighted by Gasteiger charge is -2.19. The van der Waals surface area contributed by atoms with Gasteiger partial charge < -0.3 is 5.32 Å². The number of fused-ring (bicyclic) bond motifs is 2. The van der Waals surface area contributed by atoms with E-state index in [4.69, 9.17) is 0 Å². The number of hydrogen-bond donors (Lipinski definition) is 1. The Hall–Kier alpha value is -1.71. The zero-order valence-corrected chi connectivity index (χ0v) is 9.70. The molecule has 2 aliphatic carbocycles. The molecule has 1 amide bonds. The molecule has 3 atom stereocenters. The Morgan fingerprint density at radius 3 is 2.39 bits per heavy atom. The van der Waals surface area contributed by atoms with Crippen molar-refractivity contribution < 1.29 is 13.6 Å². The highest BCUT2D eigenvalue weighted by atomic mass is 19.1. The smallest absolute Gasteiger partial charge is 0.251 e. The molecule has 94 valence electrons. The minimum absolute atomic E-state index is 0.0410. The lowest BCUT2D eigenvalue weighted by atomic mass is 10.0. The van der Waals surface area contributed by atoms with E-state index in [1.54, 1.807) is 0 Å². The summed E-state index contributed by atoms with van der Waals surface area (Å²) in [6.45, 7) is 0. The van der Waals surface area contributed by atoms with Gasteiger partial charge in [0.2, 0.25) is 0 Å². The fourth-order valence-corrected chi connectivity index (χ4v) is 2.88. The first-order valence-corrected chi connectivity index (χ1v) is 6.07. The molecule has 18 heavy (non-hydrogen) atoms. The van der Waals surface area contributed by atoms with Crippen LogP contribution in [0.3, 0.4) is 0 Å². The molecule has 0 spiro atoms. The van der Waals surface area contributed by atoms with Crippen molar-refractivity contribution in [2.75, 3.05) is 0 Å². The van der Waals surface area contributed by atoms with Crippen molar-refractivity contribution in [1.82, 2.24) is 5.32 Å². The third-order valence-electron chi connectivity index (χ3n) is 3.72. The first-order chi connectivity index (χ1) is 8.61. The normalized spacial score (nSPS) is 28.7. The molecule has 4 heteroatoms. The highest BCUT2D eigenvalue weighted by Gasteiger charge is 2.36. The number of carbonyl (C=O) groups excluding carboxylic acids is 1. The van der Waals surface area contributed by atoms with Crippen molar-refractivity contribution >= 4 is 5.91 Å². The molecule has 2 nitrogen and oxygen atoms in total. The molecule has 1 N–H and O–H groups in total. The maximum absolute atomic E-state index is 13.0. The van der Waals surface area contributed by atoms with Gasteiger partial charge in [-0.25, -0.2) is 8.78 Å². The summed E-state index contributed by atoms with van der Waals surface area (Å²) in [6.07, 6.45) is 6.29. The van der Waals surface area contributed by atoms with Gasteiger partial charge in [-0.3, -0.25) is 4.79 Å². The average molecular weight is 249 g/mol. The van der Waals surface area contributed by atoms with Gasteiger partial charge in [0.15, 0.2) is 0 Å². The van der Waals surface area contributed by atoms with Crippen molar-refractivity contribution in [2.45, 2.75) is 18.9 Å². The Kier molecular flexibility index (Phi) is 2.65. The number of benzene rings is 1. The third-order valence-corrected chi connectivity index (χ3v) is 3.72. The number of halogens is 2. The lowest BCUT2D eigenvalue weighted by molar-refractivity contribution is 0.0930. The van der Waals surface area contributed by atoms with Crippen LogP contribution in [-0.4, -0.2) is 11.9 Å². The van der Waals surface area contributed by atoms with Crippen LogP contribution in [0.25, 0.3) is 0 Å². The van der Waals surface area contributed by atoms with Crippen LogP contribution in [0.2, 0.25) is 0 Å². The number of amides is 1. The van der Waals surface area contributed by atoms with E-state index in [0.717, 1.165) is 31.0 Å². The predicted molar refractivity (Wildman–Crippen MR) is 63.0 cm³/mol. The molecule has 2 bridgehead atoms. The summed E-state index contributed by atoms with van der Waals surface area (Å²) in [4.78, 5) is 11.9. The fourth-order valence-electron chi connectivity index (χ4n) is 2.88. The number of carbonyl (C=O) groups is 1. The van der Waals surface area contributed by atoms with Crippen LogP contribution < -0.4 is 5.32 Å². The predicted octanol–water partition coefficient (Wildman–Crippen LogP) is 2.66. The first-order valence-electron chi connectivity index (χ1n) is 6.07. The summed E-state index contributed by atoms with van der Waals surface area (Å²) in [6, 6.07) is 2.97. The molecule has 1 fully saturated rings. The van der Waals surface area contributed by atoms with Gasteiger partial charge in [-0.1, -0.05) is 12.2 Å². The Labute approximate surface area is 104 Å². The van der Waals surface area contributed by atoms with Gasteiger partial charge in [-0.15, -0.1) is 0 Å². The summed E-state index contributed by atoms with van der Waals surface area (Å²) < 4.78 is 26.0. The van der Waals surface area contributed by atoms with Gasteiger partial charge in [-0.2, -0.15) is 0 Å². The molecular formula is C14H13F2NO. The SMILES string of the molecule is O=C(N[C@H]1CC2C=CC1C2)c1cc(F)cc(F)c1. The van der Waals surface area contributed by atoms with E-state index in [0.29, 0.717) is 11.8 Å².